The minimum atomic E-state index is -0.368. The van der Waals surface area contributed by atoms with Crippen molar-refractivity contribution in [3.05, 3.63) is 53.6 Å². The Kier molecular flexibility index (Phi) is 9.02. The quantitative estimate of drug-likeness (QED) is 0.341. The molecular weight excluding hydrogens is 396 g/mol. The first-order valence-corrected chi connectivity index (χ1v) is 10.0. The minimum Gasteiger partial charge on any atom is -0.493 e. The van der Waals surface area contributed by atoms with E-state index in [2.05, 4.69) is 4.99 Å². The normalized spacial score (nSPS) is 10.4. The Hall–Kier alpha value is -3.39. The van der Waals surface area contributed by atoms with Gasteiger partial charge < -0.3 is 25.8 Å². The number of nitrogens with two attached hydrogens (primary N) is 2. The van der Waals surface area contributed by atoms with Gasteiger partial charge in [0.1, 0.15) is 5.75 Å². The summed E-state index contributed by atoms with van der Waals surface area (Å²) in [6.45, 7) is 1.10. The van der Waals surface area contributed by atoms with Crippen LogP contribution in [0.15, 0.2) is 47.5 Å². The van der Waals surface area contributed by atoms with Crippen LogP contribution in [0.1, 0.15) is 28.8 Å². The average molecular weight is 427 g/mol. The third-order valence-corrected chi connectivity index (χ3v) is 4.53. The summed E-state index contributed by atoms with van der Waals surface area (Å²) in [7, 11) is 5.09. The molecule has 0 unspecified atom stereocenters. The Bertz CT molecular complexity index is 920. The van der Waals surface area contributed by atoms with Crippen molar-refractivity contribution in [2.24, 2.45) is 16.5 Å². The summed E-state index contributed by atoms with van der Waals surface area (Å²) in [5, 5.41) is 0. The predicted octanol–water partition coefficient (Wildman–Crippen LogP) is 2.20. The SMILES string of the molecule is COCCCOc1cc(CCC(=O)N=C(N)N)ccc1-c1ccc(C(=O)N(C)C)cc1. The van der Waals surface area contributed by atoms with Crippen LogP contribution in [-0.4, -0.2) is 57.1 Å². The van der Waals surface area contributed by atoms with Gasteiger partial charge in [-0.1, -0.05) is 24.3 Å². The van der Waals surface area contributed by atoms with E-state index in [0.717, 1.165) is 23.1 Å². The van der Waals surface area contributed by atoms with Crippen LogP contribution < -0.4 is 16.2 Å². The maximum absolute atomic E-state index is 12.1. The fraction of sp³-hybridized carbons (Fsp3) is 0.348. The lowest BCUT2D eigenvalue weighted by molar-refractivity contribution is -0.117. The highest BCUT2D eigenvalue weighted by Crippen LogP contribution is 2.32. The van der Waals surface area contributed by atoms with Crippen molar-refractivity contribution in [2.75, 3.05) is 34.4 Å². The van der Waals surface area contributed by atoms with Gasteiger partial charge in [-0.05, 0) is 35.7 Å². The standard InChI is InChI=1S/C23H30N4O4/c1-27(2)22(29)18-9-7-17(8-10-18)19-11-5-16(6-12-21(28)26-23(24)25)15-20(19)31-14-4-13-30-3/h5,7-11,15H,4,6,12-14H2,1-3H3,(H4,24,25,26,28). The first kappa shape index (κ1) is 23.9. The number of amides is 2. The van der Waals surface area contributed by atoms with Crippen molar-refractivity contribution in [3.8, 4) is 16.9 Å². The summed E-state index contributed by atoms with van der Waals surface area (Å²) < 4.78 is 11.1. The molecule has 0 aliphatic rings. The number of methoxy groups -OCH3 is 1. The van der Waals surface area contributed by atoms with Crippen molar-refractivity contribution >= 4 is 17.8 Å². The monoisotopic (exact) mass is 426 g/mol. The van der Waals surface area contributed by atoms with Crippen LogP contribution in [0.25, 0.3) is 11.1 Å². The summed E-state index contributed by atoms with van der Waals surface area (Å²) >= 11 is 0. The summed E-state index contributed by atoms with van der Waals surface area (Å²) in [5.74, 6) is 0.0458. The highest BCUT2D eigenvalue weighted by Gasteiger charge is 2.12. The van der Waals surface area contributed by atoms with Crippen LogP contribution in [0.4, 0.5) is 0 Å². The molecule has 0 heterocycles. The minimum absolute atomic E-state index is 0.0524. The van der Waals surface area contributed by atoms with Gasteiger partial charge in [0, 0.05) is 51.8 Å². The molecule has 8 heteroatoms. The van der Waals surface area contributed by atoms with Gasteiger partial charge in [-0.15, -0.1) is 0 Å². The molecule has 0 spiro atoms. The molecule has 2 aromatic carbocycles. The van der Waals surface area contributed by atoms with Crippen molar-refractivity contribution in [1.29, 1.82) is 0 Å². The fourth-order valence-electron chi connectivity index (χ4n) is 2.97. The topological polar surface area (TPSA) is 120 Å². The zero-order valence-corrected chi connectivity index (χ0v) is 18.3. The van der Waals surface area contributed by atoms with Gasteiger partial charge in [-0.3, -0.25) is 9.59 Å². The molecule has 8 nitrogen and oxygen atoms in total. The van der Waals surface area contributed by atoms with Crippen molar-refractivity contribution in [2.45, 2.75) is 19.3 Å². The number of carbonyl (C=O) groups is 2. The number of ether oxygens (including phenoxy) is 2. The van der Waals surface area contributed by atoms with Crippen LogP contribution in [0.5, 0.6) is 5.75 Å². The van der Waals surface area contributed by atoms with E-state index in [0.29, 0.717) is 30.9 Å². The van der Waals surface area contributed by atoms with Crippen LogP contribution in [0.3, 0.4) is 0 Å². The summed E-state index contributed by atoms with van der Waals surface area (Å²) in [6.07, 6.45) is 1.43. The van der Waals surface area contributed by atoms with Gasteiger partial charge in [-0.2, -0.15) is 4.99 Å². The van der Waals surface area contributed by atoms with Gasteiger partial charge in [0.15, 0.2) is 5.96 Å². The van der Waals surface area contributed by atoms with Crippen molar-refractivity contribution in [1.82, 2.24) is 4.90 Å². The Morgan fingerprint density at radius 1 is 1.03 bits per heavy atom. The third-order valence-electron chi connectivity index (χ3n) is 4.53. The molecule has 0 fully saturated rings. The lowest BCUT2D eigenvalue weighted by atomic mass is 9.99. The molecule has 0 bridgehead atoms. The number of carbonyl (C=O) groups excluding carboxylic acids is 2. The van der Waals surface area contributed by atoms with Gasteiger partial charge in [0.05, 0.1) is 6.61 Å². The molecule has 166 valence electrons. The molecule has 0 radical (unpaired) electrons. The molecule has 0 atom stereocenters. The largest absolute Gasteiger partial charge is 0.493 e. The number of guanidine groups is 1. The lowest BCUT2D eigenvalue weighted by Gasteiger charge is -2.15. The van der Waals surface area contributed by atoms with E-state index in [1.165, 1.54) is 4.90 Å². The molecule has 31 heavy (non-hydrogen) atoms. The van der Waals surface area contributed by atoms with Gasteiger partial charge in [0.2, 0.25) is 5.91 Å². The number of benzene rings is 2. The zero-order chi connectivity index (χ0) is 22.8. The van der Waals surface area contributed by atoms with Gasteiger partial charge in [0.25, 0.3) is 5.91 Å². The van der Waals surface area contributed by atoms with E-state index >= 15 is 0 Å². The summed E-state index contributed by atoms with van der Waals surface area (Å²) in [5.41, 5.74) is 13.9. The van der Waals surface area contributed by atoms with Gasteiger partial charge >= 0.3 is 0 Å². The molecule has 2 rings (SSSR count). The molecule has 0 aliphatic heterocycles. The number of aliphatic imine (C=N–C) groups is 1. The molecular formula is C23H30N4O4. The second-order valence-electron chi connectivity index (χ2n) is 7.23. The Morgan fingerprint density at radius 3 is 2.35 bits per heavy atom. The first-order chi connectivity index (χ1) is 14.8. The molecule has 2 aromatic rings. The van der Waals surface area contributed by atoms with Crippen LogP contribution in [0.2, 0.25) is 0 Å². The Morgan fingerprint density at radius 2 is 1.74 bits per heavy atom. The van der Waals surface area contributed by atoms with E-state index in [1.54, 1.807) is 33.3 Å². The number of hydrogen-bond acceptors (Lipinski definition) is 4. The highest BCUT2D eigenvalue weighted by atomic mass is 16.5. The maximum Gasteiger partial charge on any atom is 0.253 e. The average Bonchev–Trinajstić information content (AvgIpc) is 2.74. The smallest absolute Gasteiger partial charge is 0.253 e. The zero-order valence-electron chi connectivity index (χ0n) is 18.3. The number of aryl methyl sites for hydroxylation is 1. The van der Waals surface area contributed by atoms with E-state index in [4.69, 9.17) is 20.9 Å². The van der Waals surface area contributed by atoms with Crippen molar-refractivity contribution < 1.29 is 19.1 Å². The van der Waals surface area contributed by atoms with Gasteiger partial charge in [-0.25, -0.2) is 0 Å². The Labute approximate surface area is 182 Å². The van der Waals surface area contributed by atoms with Crippen LogP contribution >= 0.6 is 0 Å². The summed E-state index contributed by atoms with van der Waals surface area (Å²) in [6, 6.07) is 13.2. The molecule has 4 N–H and O–H groups in total. The van der Waals surface area contributed by atoms with E-state index in [9.17, 15) is 9.59 Å². The molecule has 2 amide bonds. The second-order valence-corrected chi connectivity index (χ2v) is 7.23. The van der Waals surface area contributed by atoms with E-state index in [-0.39, 0.29) is 24.2 Å². The third kappa shape index (κ3) is 7.42. The maximum atomic E-state index is 12.1. The second kappa shape index (κ2) is 11.7. The first-order valence-electron chi connectivity index (χ1n) is 10.0. The number of hydrogen-bond donors (Lipinski definition) is 2. The van der Waals surface area contributed by atoms with Crippen LogP contribution in [-0.2, 0) is 16.0 Å². The van der Waals surface area contributed by atoms with E-state index in [1.807, 2.05) is 30.3 Å². The number of rotatable bonds is 10. The van der Waals surface area contributed by atoms with E-state index < -0.39 is 0 Å². The number of nitrogens with zero attached hydrogens (tertiary/aromatic N) is 2. The molecule has 0 aliphatic carbocycles. The lowest BCUT2D eigenvalue weighted by Crippen LogP contribution is -2.24. The predicted molar refractivity (Wildman–Crippen MR) is 121 cm³/mol. The highest BCUT2D eigenvalue weighted by molar-refractivity contribution is 5.94. The fourth-order valence-corrected chi connectivity index (χ4v) is 2.97. The molecule has 0 saturated carbocycles. The Balaban J connectivity index is 2.25. The van der Waals surface area contributed by atoms with Crippen LogP contribution in [0, 0.1) is 0 Å². The van der Waals surface area contributed by atoms with Crippen molar-refractivity contribution in [3.63, 3.8) is 0 Å². The molecule has 0 aromatic heterocycles. The molecule has 0 saturated heterocycles. The summed E-state index contributed by atoms with van der Waals surface area (Å²) in [4.78, 5) is 29.0.